The van der Waals surface area contributed by atoms with E-state index in [1.807, 2.05) is 0 Å². The summed E-state index contributed by atoms with van der Waals surface area (Å²) in [7, 11) is 0. The zero-order chi connectivity index (χ0) is 27.8. The van der Waals surface area contributed by atoms with Gasteiger partial charge >= 0.3 is 0 Å². The highest BCUT2D eigenvalue weighted by Gasteiger charge is 2.16. The molecular weight excluding hydrogens is 464 g/mol. The molecular formula is C36H64O2. The summed E-state index contributed by atoms with van der Waals surface area (Å²) in [4.78, 5) is 23.8. The monoisotopic (exact) mass is 528 g/mol. The van der Waals surface area contributed by atoms with Crippen molar-refractivity contribution in [1.82, 2.24) is 0 Å². The van der Waals surface area contributed by atoms with Crippen LogP contribution in [0.5, 0.6) is 0 Å². The van der Waals surface area contributed by atoms with Gasteiger partial charge in [0.1, 0.15) is 12.1 Å². The Kier molecular flexibility index (Phi) is 30.6. The van der Waals surface area contributed by atoms with E-state index in [4.69, 9.17) is 0 Å². The Morgan fingerprint density at radius 1 is 0.500 bits per heavy atom. The minimum atomic E-state index is -0.365. The molecule has 0 aliphatic rings. The summed E-state index contributed by atoms with van der Waals surface area (Å²) in [5, 5.41) is 0. The maximum Gasteiger partial charge on any atom is 0.143 e. The number of ketones is 1. The second-order valence-corrected chi connectivity index (χ2v) is 11.2. The molecule has 0 aromatic heterocycles. The standard InChI is InChI=1S/C36H64O2/c1-3-5-7-9-11-13-15-17-19-21-23-25-27-29-31-33-36(38)35(34-37)32-30-28-26-24-22-20-18-16-14-12-10-8-6-4-2/h12,14,17-20,34-35H,3-11,13,15-16,21-33H2,1-2H3/b14-12-,19-17-,20-18-. The minimum Gasteiger partial charge on any atom is -0.303 e. The van der Waals surface area contributed by atoms with Gasteiger partial charge in [-0.05, 0) is 70.6 Å². The van der Waals surface area contributed by atoms with Crippen LogP contribution >= 0.6 is 0 Å². The predicted octanol–water partition coefficient (Wildman–Crippen LogP) is 11.8. The molecule has 2 nitrogen and oxygen atoms in total. The van der Waals surface area contributed by atoms with E-state index in [0.717, 1.165) is 51.2 Å². The molecule has 0 aliphatic heterocycles. The van der Waals surface area contributed by atoms with Gasteiger partial charge in [-0.25, -0.2) is 0 Å². The van der Waals surface area contributed by atoms with E-state index in [0.29, 0.717) is 6.42 Å². The fraction of sp³-hybridized carbons (Fsp3) is 0.778. The number of Topliss-reactive ketones (excluding diaryl/α,β-unsaturated/α-hetero) is 1. The van der Waals surface area contributed by atoms with Crippen molar-refractivity contribution in [3.63, 3.8) is 0 Å². The van der Waals surface area contributed by atoms with Crippen LogP contribution in [-0.2, 0) is 9.59 Å². The Morgan fingerprint density at radius 2 is 0.895 bits per heavy atom. The van der Waals surface area contributed by atoms with Gasteiger partial charge in [-0.15, -0.1) is 0 Å². The normalized spacial score (nSPS) is 12.8. The third kappa shape index (κ3) is 27.6. The van der Waals surface area contributed by atoms with Crippen molar-refractivity contribution in [3.8, 4) is 0 Å². The molecule has 0 heterocycles. The smallest absolute Gasteiger partial charge is 0.143 e. The molecule has 1 atom stereocenters. The molecule has 0 bridgehead atoms. The van der Waals surface area contributed by atoms with Crippen LogP contribution in [-0.4, -0.2) is 12.1 Å². The Labute approximate surface area is 238 Å². The van der Waals surface area contributed by atoms with Gasteiger partial charge in [-0.2, -0.15) is 0 Å². The molecule has 0 aromatic rings. The Balaban J connectivity index is 3.55. The summed E-state index contributed by atoms with van der Waals surface area (Å²) in [5.74, 6) is -0.195. The van der Waals surface area contributed by atoms with E-state index in [2.05, 4.69) is 50.3 Å². The molecule has 0 aliphatic carbocycles. The Bertz CT molecular complexity index is 586. The summed E-state index contributed by atoms with van der Waals surface area (Å²) in [6.45, 7) is 4.51. The maximum atomic E-state index is 12.4. The first-order chi connectivity index (χ1) is 18.8. The summed E-state index contributed by atoms with van der Waals surface area (Å²) < 4.78 is 0. The minimum absolute atomic E-state index is 0.170. The second-order valence-electron chi connectivity index (χ2n) is 11.2. The first-order valence-corrected chi connectivity index (χ1v) is 16.7. The summed E-state index contributed by atoms with van der Waals surface area (Å²) in [6, 6.07) is 0. The number of unbranched alkanes of at least 4 members (excludes halogenated alkanes) is 18. The number of hydrogen-bond acceptors (Lipinski definition) is 2. The molecule has 0 radical (unpaired) electrons. The van der Waals surface area contributed by atoms with E-state index in [1.54, 1.807) is 0 Å². The maximum absolute atomic E-state index is 12.4. The van der Waals surface area contributed by atoms with Crippen molar-refractivity contribution in [2.75, 3.05) is 0 Å². The van der Waals surface area contributed by atoms with Crippen molar-refractivity contribution in [3.05, 3.63) is 36.5 Å². The molecule has 220 valence electrons. The molecule has 2 heteroatoms. The van der Waals surface area contributed by atoms with Crippen LogP contribution in [0.3, 0.4) is 0 Å². The lowest BCUT2D eigenvalue weighted by Crippen LogP contribution is -2.15. The lowest BCUT2D eigenvalue weighted by atomic mass is 9.94. The largest absolute Gasteiger partial charge is 0.303 e. The number of hydrogen-bond donors (Lipinski definition) is 0. The summed E-state index contributed by atoms with van der Waals surface area (Å²) >= 11 is 0. The van der Waals surface area contributed by atoms with Gasteiger partial charge < -0.3 is 4.79 Å². The van der Waals surface area contributed by atoms with Gasteiger partial charge in [-0.1, -0.05) is 134 Å². The lowest BCUT2D eigenvalue weighted by molar-refractivity contribution is -0.127. The van der Waals surface area contributed by atoms with Crippen molar-refractivity contribution in [2.45, 2.75) is 174 Å². The molecule has 0 saturated heterocycles. The van der Waals surface area contributed by atoms with Gasteiger partial charge in [0.25, 0.3) is 0 Å². The highest BCUT2D eigenvalue weighted by molar-refractivity contribution is 5.93. The van der Waals surface area contributed by atoms with Gasteiger partial charge in [0.2, 0.25) is 0 Å². The van der Waals surface area contributed by atoms with E-state index >= 15 is 0 Å². The first-order valence-electron chi connectivity index (χ1n) is 16.7. The van der Waals surface area contributed by atoms with Crippen molar-refractivity contribution >= 4 is 12.1 Å². The van der Waals surface area contributed by atoms with Crippen LogP contribution in [0.1, 0.15) is 174 Å². The zero-order valence-electron chi connectivity index (χ0n) is 25.6. The average molecular weight is 529 g/mol. The van der Waals surface area contributed by atoms with Crippen LogP contribution in [0, 0.1) is 5.92 Å². The lowest BCUT2D eigenvalue weighted by Gasteiger charge is -2.09. The second kappa shape index (κ2) is 31.8. The predicted molar refractivity (Wildman–Crippen MR) is 169 cm³/mol. The number of rotatable bonds is 30. The van der Waals surface area contributed by atoms with Crippen LogP contribution < -0.4 is 0 Å². The Hall–Kier alpha value is -1.44. The van der Waals surface area contributed by atoms with E-state index in [-0.39, 0.29) is 11.7 Å². The number of carbonyl (C=O) groups is 2. The quantitative estimate of drug-likeness (QED) is 0.0402. The van der Waals surface area contributed by atoms with Crippen LogP contribution in [0.2, 0.25) is 0 Å². The van der Waals surface area contributed by atoms with Gasteiger partial charge in [0.05, 0.1) is 5.92 Å². The van der Waals surface area contributed by atoms with Crippen molar-refractivity contribution in [1.29, 1.82) is 0 Å². The Morgan fingerprint density at radius 3 is 1.42 bits per heavy atom. The van der Waals surface area contributed by atoms with Gasteiger partial charge in [0.15, 0.2) is 0 Å². The van der Waals surface area contributed by atoms with Crippen molar-refractivity contribution in [2.24, 2.45) is 5.92 Å². The topological polar surface area (TPSA) is 34.1 Å². The summed E-state index contributed by atoms with van der Waals surface area (Å²) in [5.41, 5.74) is 0. The molecule has 38 heavy (non-hydrogen) atoms. The molecule has 0 aromatic carbocycles. The molecule has 0 saturated carbocycles. The SMILES string of the molecule is CCCCC/C=C\C/C=C\CCCCCCC(C=O)C(=O)CCCCCCC/C=C\CCCCCCCC. The van der Waals surface area contributed by atoms with Crippen LogP contribution in [0.25, 0.3) is 0 Å². The highest BCUT2D eigenvalue weighted by atomic mass is 16.1. The molecule has 0 spiro atoms. The zero-order valence-corrected chi connectivity index (χ0v) is 25.6. The average Bonchev–Trinajstić information content (AvgIpc) is 2.93. The molecule has 0 rings (SSSR count). The molecule has 1 unspecified atom stereocenters. The van der Waals surface area contributed by atoms with E-state index < -0.39 is 0 Å². The first kappa shape index (κ1) is 36.6. The van der Waals surface area contributed by atoms with Crippen LogP contribution in [0.4, 0.5) is 0 Å². The highest BCUT2D eigenvalue weighted by Crippen LogP contribution is 2.16. The third-order valence-electron chi connectivity index (χ3n) is 7.48. The third-order valence-corrected chi connectivity index (χ3v) is 7.48. The number of allylic oxidation sites excluding steroid dienone is 6. The van der Waals surface area contributed by atoms with Crippen molar-refractivity contribution < 1.29 is 9.59 Å². The van der Waals surface area contributed by atoms with Gasteiger partial charge in [-0.3, -0.25) is 4.79 Å². The summed E-state index contributed by atoms with van der Waals surface area (Å²) in [6.07, 6.45) is 44.3. The van der Waals surface area contributed by atoms with Crippen LogP contribution in [0.15, 0.2) is 36.5 Å². The molecule has 0 fully saturated rings. The molecule has 0 amide bonds. The number of carbonyl (C=O) groups excluding carboxylic acids is 2. The van der Waals surface area contributed by atoms with E-state index in [9.17, 15) is 9.59 Å². The fourth-order valence-electron chi connectivity index (χ4n) is 4.86. The molecule has 0 N–H and O–H groups in total. The van der Waals surface area contributed by atoms with Gasteiger partial charge in [0, 0.05) is 6.42 Å². The van der Waals surface area contributed by atoms with E-state index in [1.165, 1.54) is 109 Å². The fourth-order valence-corrected chi connectivity index (χ4v) is 4.86. The number of aldehydes is 1.